The molecule has 3 aliphatic rings. The summed E-state index contributed by atoms with van der Waals surface area (Å²) in [6, 6.07) is 7.72. The molecule has 1 aliphatic heterocycles. The van der Waals surface area contributed by atoms with Gasteiger partial charge in [0, 0.05) is 35.7 Å². The van der Waals surface area contributed by atoms with Crippen molar-refractivity contribution in [2.24, 2.45) is 5.92 Å². The Labute approximate surface area is 244 Å². The topological polar surface area (TPSA) is 144 Å². The van der Waals surface area contributed by atoms with Gasteiger partial charge in [-0.15, -0.1) is 0 Å². The number of nitrogens with one attached hydrogen (secondary N) is 1. The molecule has 11 nitrogen and oxygen atoms in total. The molecule has 0 radical (unpaired) electrons. The third-order valence-electron chi connectivity index (χ3n) is 8.09. The predicted octanol–water partition coefficient (Wildman–Crippen LogP) is 1.63. The third kappa shape index (κ3) is 5.54. The van der Waals surface area contributed by atoms with Gasteiger partial charge >= 0.3 is 0 Å². The van der Waals surface area contributed by atoms with E-state index in [0.29, 0.717) is 46.8 Å². The summed E-state index contributed by atoms with van der Waals surface area (Å²) in [5.74, 6) is 0.479. The van der Waals surface area contributed by atoms with Crippen molar-refractivity contribution in [2.45, 2.75) is 43.4 Å². The van der Waals surface area contributed by atoms with Gasteiger partial charge in [0.25, 0.3) is 0 Å². The van der Waals surface area contributed by atoms with Gasteiger partial charge in [0.1, 0.15) is 30.0 Å². The van der Waals surface area contributed by atoms with E-state index in [9.17, 15) is 24.6 Å². The van der Waals surface area contributed by atoms with Crippen LogP contribution in [-0.4, -0.2) is 92.5 Å². The molecular formula is C31H36N2O9. The van der Waals surface area contributed by atoms with E-state index in [1.54, 1.807) is 43.4 Å². The van der Waals surface area contributed by atoms with Crippen LogP contribution in [0.1, 0.15) is 40.2 Å². The number of hydrogen-bond acceptors (Lipinski definition) is 9. The third-order valence-corrected chi connectivity index (χ3v) is 8.09. The van der Waals surface area contributed by atoms with Crippen LogP contribution < -0.4 is 24.3 Å². The van der Waals surface area contributed by atoms with Gasteiger partial charge in [-0.25, -0.2) is 0 Å². The first-order valence-corrected chi connectivity index (χ1v) is 14.0. The predicted molar refractivity (Wildman–Crippen MR) is 151 cm³/mol. The fraction of sp³-hybridized carbons (Fsp3) is 0.452. The van der Waals surface area contributed by atoms with Gasteiger partial charge in [-0.2, -0.15) is 0 Å². The molecule has 2 aromatic rings. The first-order chi connectivity index (χ1) is 20.3. The molecule has 2 aliphatic carbocycles. The van der Waals surface area contributed by atoms with Crippen LogP contribution in [-0.2, 0) is 16.0 Å². The van der Waals surface area contributed by atoms with Gasteiger partial charge in [0.05, 0.1) is 39.9 Å². The molecule has 0 unspecified atom stereocenters. The number of aldehydes is 1. The molecule has 2 aromatic carbocycles. The van der Waals surface area contributed by atoms with E-state index in [0.717, 1.165) is 18.4 Å². The number of carbonyl (C=O) groups excluding carboxylic acids is 3. The zero-order valence-corrected chi connectivity index (χ0v) is 23.9. The van der Waals surface area contributed by atoms with Gasteiger partial charge in [-0.1, -0.05) is 0 Å². The first kappa shape index (κ1) is 29.4. The highest BCUT2D eigenvalue weighted by atomic mass is 16.5. The van der Waals surface area contributed by atoms with E-state index in [-0.39, 0.29) is 37.1 Å². The lowest BCUT2D eigenvalue weighted by molar-refractivity contribution is -0.138. The highest BCUT2D eigenvalue weighted by molar-refractivity contribution is 5.96. The molecule has 0 saturated heterocycles. The van der Waals surface area contributed by atoms with Gasteiger partial charge < -0.3 is 39.4 Å². The monoisotopic (exact) mass is 580 g/mol. The lowest BCUT2D eigenvalue weighted by Gasteiger charge is -2.41. The first-order valence-electron chi connectivity index (χ1n) is 14.0. The normalized spacial score (nSPS) is 22.2. The lowest BCUT2D eigenvalue weighted by Crippen LogP contribution is -2.56. The van der Waals surface area contributed by atoms with E-state index in [2.05, 4.69) is 5.32 Å². The maximum absolute atomic E-state index is 13.7. The van der Waals surface area contributed by atoms with Gasteiger partial charge in [0.15, 0.2) is 11.5 Å². The quantitative estimate of drug-likeness (QED) is 0.319. The molecule has 3 N–H and O–H groups in total. The van der Waals surface area contributed by atoms with Crippen molar-refractivity contribution in [3.8, 4) is 23.0 Å². The fourth-order valence-corrected chi connectivity index (χ4v) is 5.85. The van der Waals surface area contributed by atoms with Crippen molar-refractivity contribution in [1.82, 2.24) is 10.2 Å². The van der Waals surface area contributed by atoms with Crippen LogP contribution in [0.25, 0.3) is 0 Å². The Hall–Kier alpha value is -4.09. The van der Waals surface area contributed by atoms with Crippen LogP contribution >= 0.6 is 0 Å². The second kappa shape index (κ2) is 12.4. The SMILES string of the molecule is COc1ccc(OC)c(CCN(C(=O)C2CC2)[C@@H]2C=C(C(=O)NCCO)[C@@H]3c4cc(C=O)cc(OC)c4O[C@@H]3[C@H]2O)c1. The molecule has 0 spiro atoms. The van der Waals surface area contributed by atoms with Crippen molar-refractivity contribution in [3.05, 3.63) is 58.7 Å². The van der Waals surface area contributed by atoms with Crippen LogP contribution in [0.2, 0.25) is 0 Å². The molecule has 2 amide bonds. The molecule has 1 fully saturated rings. The number of carbonyl (C=O) groups is 3. The van der Waals surface area contributed by atoms with Crippen molar-refractivity contribution < 1.29 is 43.5 Å². The van der Waals surface area contributed by atoms with Gasteiger partial charge in [-0.3, -0.25) is 14.4 Å². The number of hydrogen-bond donors (Lipinski definition) is 3. The largest absolute Gasteiger partial charge is 0.497 e. The van der Waals surface area contributed by atoms with E-state index < -0.39 is 30.1 Å². The zero-order valence-electron chi connectivity index (χ0n) is 23.9. The molecular weight excluding hydrogens is 544 g/mol. The number of benzene rings is 2. The summed E-state index contributed by atoms with van der Waals surface area (Å²) in [5.41, 5.74) is 1.97. The summed E-state index contributed by atoms with van der Waals surface area (Å²) >= 11 is 0. The van der Waals surface area contributed by atoms with E-state index in [1.165, 1.54) is 13.2 Å². The van der Waals surface area contributed by atoms with E-state index in [4.69, 9.17) is 18.9 Å². The summed E-state index contributed by atoms with van der Waals surface area (Å²) in [7, 11) is 4.59. The number of ether oxygens (including phenoxy) is 4. The summed E-state index contributed by atoms with van der Waals surface area (Å²) in [6.45, 7) is 0.00213. The lowest BCUT2D eigenvalue weighted by atomic mass is 9.77. The number of aliphatic hydroxyl groups is 2. The maximum atomic E-state index is 13.7. The van der Waals surface area contributed by atoms with Crippen LogP contribution in [0.5, 0.6) is 23.0 Å². The Balaban J connectivity index is 1.55. The minimum Gasteiger partial charge on any atom is -0.497 e. The summed E-state index contributed by atoms with van der Waals surface area (Å²) in [6.07, 6.45) is 2.10. The second-order valence-corrected chi connectivity index (χ2v) is 10.6. The average molecular weight is 581 g/mol. The Kier molecular flexibility index (Phi) is 8.69. The van der Waals surface area contributed by atoms with Crippen LogP contribution in [0.15, 0.2) is 42.0 Å². The summed E-state index contributed by atoms with van der Waals surface area (Å²) in [4.78, 5) is 40.5. The van der Waals surface area contributed by atoms with Crippen LogP contribution in [0.3, 0.4) is 0 Å². The van der Waals surface area contributed by atoms with E-state index >= 15 is 0 Å². The minimum absolute atomic E-state index is 0.0204. The zero-order chi connectivity index (χ0) is 30.0. The number of fused-ring (bicyclic) bond motifs is 3. The van der Waals surface area contributed by atoms with Crippen molar-refractivity contribution in [2.75, 3.05) is 41.0 Å². The average Bonchev–Trinajstić information content (AvgIpc) is 3.80. The minimum atomic E-state index is -1.20. The van der Waals surface area contributed by atoms with Crippen molar-refractivity contribution >= 4 is 18.1 Å². The van der Waals surface area contributed by atoms with Gasteiger partial charge in [-0.05, 0) is 61.2 Å². The molecule has 5 rings (SSSR count). The van der Waals surface area contributed by atoms with E-state index in [1.807, 2.05) is 6.07 Å². The molecule has 11 heteroatoms. The highest BCUT2D eigenvalue weighted by Gasteiger charge is 2.52. The Bertz CT molecular complexity index is 1390. The number of rotatable bonds is 12. The molecule has 224 valence electrons. The molecule has 0 aromatic heterocycles. The van der Waals surface area contributed by atoms with Gasteiger partial charge in [0.2, 0.25) is 11.8 Å². The maximum Gasteiger partial charge on any atom is 0.247 e. The smallest absolute Gasteiger partial charge is 0.247 e. The summed E-state index contributed by atoms with van der Waals surface area (Å²) in [5, 5.41) is 23.8. The van der Waals surface area contributed by atoms with Crippen molar-refractivity contribution in [3.63, 3.8) is 0 Å². The summed E-state index contributed by atoms with van der Waals surface area (Å²) < 4.78 is 22.6. The van der Waals surface area contributed by atoms with Crippen molar-refractivity contribution in [1.29, 1.82) is 0 Å². The number of nitrogens with zero attached hydrogens (tertiary/aromatic N) is 1. The molecule has 0 bridgehead atoms. The van der Waals surface area contributed by atoms with Crippen LogP contribution in [0.4, 0.5) is 0 Å². The second-order valence-electron chi connectivity index (χ2n) is 10.6. The molecule has 4 atom stereocenters. The Morgan fingerprint density at radius 2 is 1.86 bits per heavy atom. The molecule has 1 heterocycles. The number of aliphatic hydroxyl groups excluding tert-OH is 2. The standard InChI is InChI=1S/C31H36N2O9/c1-39-20-6-7-24(40-2)19(14-20)8-10-33(31(38)18-4-5-18)23-15-22(30(37)32-9-11-34)26-21-12-17(16-35)13-25(41-3)28(21)42-29(26)27(23)36/h6-7,12-16,18,23,26-27,29,34,36H,4-5,8-11H2,1-3H3,(H,32,37)/t23-,26+,27+,29+/m1/s1. The fourth-order valence-electron chi connectivity index (χ4n) is 5.85. The molecule has 42 heavy (non-hydrogen) atoms. The highest BCUT2D eigenvalue weighted by Crippen LogP contribution is 2.51. The van der Waals surface area contributed by atoms with Crippen LogP contribution in [0, 0.1) is 5.92 Å². The Morgan fingerprint density at radius 1 is 1.10 bits per heavy atom. The molecule has 1 saturated carbocycles. The number of amides is 2. The Morgan fingerprint density at radius 3 is 2.50 bits per heavy atom. The number of methoxy groups -OCH3 is 3.